The van der Waals surface area contributed by atoms with Gasteiger partial charge in [0.05, 0.1) is 23.8 Å². The SMILES string of the molecule is C[C@H](C(=O)[O-])N1C(=O)[C@H]2CC=CC[C@@H]2C1=O. The van der Waals surface area contributed by atoms with Crippen molar-refractivity contribution >= 4 is 17.8 Å². The maximum absolute atomic E-state index is 11.9. The Balaban J connectivity index is 2.27. The molecule has 16 heavy (non-hydrogen) atoms. The van der Waals surface area contributed by atoms with Crippen molar-refractivity contribution in [1.29, 1.82) is 0 Å². The van der Waals surface area contributed by atoms with E-state index in [0.717, 1.165) is 4.90 Å². The minimum Gasteiger partial charge on any atom is -0.548 e. The minimum atomic E-state index is -1.40. The number of aliphatic carboxylic acids is 1. The van der Waals surface area contributed by atoms with Gasteiger partial charge >= 0.3 is 0 Å². The van der Waals surface area contributed by atoms with E-state index in [1.807, 2.05) is 12.2 Å². The van der Waals surface area contributed by atoms with E-state index in [2.05, 4.69) is 0 Å². The third-order valence-corrected chi connectivity index (χ3v) is 3.27. The molecule has 2 amide bonds. The highest BCUT2D eigenvalue weighted by Crippen LogP contribution is 2.35. The Hall–Kier alpha value is -1.65. The molecule has 5 nitrogen and oxygen atoms in total. The average Bonchev–Trinajstić information content (AvgIpc) is 2.52. The zero-order chi connectivity index (χ0) is 11.9. The lowest BCUT2D eigenvalue weighted by atomic mass is 9.85. The van der Waals surface area contributed by atoms with E-state index in [1.54, 1.807) is 0 Å². The number of hydrogen-bond donors (Lipinski definition) is 0. The first-order valence-corrected chi connectivity index (χ1v) is 5.26. The Morgan fingerprint density at radius 1 is 1.31 bits per heavy atom. The number of amides is 2. The second kappa shape index (κ2) is 3.73. The molecule has 1 fully saturated rings. The zero-order valence-electron chi connectivity index (χ0n) is 8.88. The fourth-order valence-corrected chi connectivity index (χ4v) is 2.31. The van der Waals surface area contributed by atoms with E-state index in [-0.39, 0.29) is 23.7 Å². The quantitative estimate of drug-likeness (QED) is 0.447. The number of likely N-dealkylation sites (tertiary alicyclic amines) is 1. The van der Waals surface area contributed by atoms with Crippen molar-refractivity contribution in [3.05, 3.63) is 12.2 Å². The number of carboxylic acids is 1. The van der Waals surface area contributed by atoms with Gasteiger partial charge in [0.2, 0.25) is 11.8 Å². The Kier molecular flexibility index (Phi) is 2.53. The number of allylic oxidation sites excluding steroid dienone is 2. The van der Waals surface area contributed by atoms with Gasteiger partial charge in [0.25, 0.3) is 0 Å². The fraction of sp³-hybridized carbons (Fsp3) is 0.545. The monoisotopic (exact) mass is 222 g/mol. The Morgan fingerprint density at radius 3 is 2.12 bits per heavy atom. The first kappa shape index (κ1) is 10.9. The molecule has 1 aliphatic heterocycles. The van der Waals surface area contributed by atoms with Crippen LogP contribution in [0.2, 0.25) is 0 Å². The highest BCUT2D eigenvalue weighted by molar-refractivity contribution is 6.07. The van der Waals surface area contributed by atoms with Crippen LogP contribution in [0.5, 0.6) is 0 Å². The third kappa shape index (κ3) is 1.43. The van der Waals surface area contributed by atoms with Gasteiger partial charge in [0.1, 0.15) is 0 Å². The summed E-state index contributed by atoms with van der Waals surface area (Å²) in [7, 11) is 0. The number of fused-ring (bicyclic) bond motifs is 1. The highest BCUT2D eigenvalue weighted by atomic mass is 16.4. The topological polar surface area (TPSA) is 77.5 Å². The molecule has 0 bridgehead atoms. The second-order valence-corrected chi connectivity index (χ2v) is 4.20. The fourth-order valence-electron chi connectivity index (χ4n) is 2.31. The summed E-state index contributed by atoms with van der Waals surface area (Å²) >= 11 is 0. The van der Waals surface area contributed by atoms with E-state index < -0.39 is 12.0 Å². The molecule has 0 unspecified atom stereocenters. The molecule has 0 aromatic rings. The van der Waals surface area contributed by atoms with Crippen LogP contribution in [-0.2, 0) is 14.4 Å². The summed E-state index contributed by atoms with van der Waals surface area (Å²) in [6.45, 7) is 1.30. The van der Waals surface area contributed by atoms with Gasteiger partial charge < -0.3 is 9.90 Å². The Labute approximate surface area is 92.7 Å². The number of carbonyl (C=O) groups excluding carboxylic acids is 3. The number of nitrogens with zero attached hydrogens (tertiary/aromatic N) is 1. The van der Waals surface area contributed by atoms with Gasteiger partial charge in [-0.15, -0.1) is 0 Å². The zero-order valence-corrected chi connectivity index (χ0v) is 8.88. The van der Waals surface area contributed by atoms with Crippen LogP contribution in [0.25, 0.3) is 0 Å². The van der Waals surface area contributed by atoms with Crippen LogP contribution in [0.4, 0.5) is 0 Å². The predicted molar refractivity (Wildman–Crippen MR) is 51.7 cm³/mol. The van der Waals surface area contributed by atoms with Gasteiger partial charge in [-0.05, 0) is 19.8 Å². The lowest BCUT2D eigenvalue weighted by molar-refractivity contribution is -0.310. The van der Waals surface area contributed by atoms with Crippen molar-refractivity contribution in [3.8, 4) is 0 Å². The molecule has 1 heterocycles. The maximum atomic E-state index is 11.9. The van der Waals surface area contributed by atoms with Crippen molar-refractivity contribution in [1.82, 2.24) is 4.90 Å². The number of hydrogen-bond acceptors (Lipinski definition) is 4. The van der Waals surface area contributed by atoms with Gasteiger partial charge in [-0.25, -0.2) is 0 Å². The molecule has 0 radical (unpaired) electrons. The molecule has 0 aromatic heterocycles. The van der Waals surface area contributed by atoms with Crippen LogP contribution >= 0.6 is 0 Å². The molecule has 5 heteroatoms. The van der Waals surface area contributed by atoms with Crippen LogP contribution in [0.3, 0.4) is 0 Å². The molecular weight excluding hydrogens is 210 g/mol. The van der Waals surface area contributed by atoms with E-state index in [1.165, 1.54) is 6.92 Å². The van der Waals surface area contributed by atoms with Crippen molar-refractivity contribution in [2.75, 3.05) is 0 Å². The van der Waals surface area contributed by atoms with Crippen molar-refractivity contribution < 1.29 is 19.5 Å². The lowest BCUT2D eigenvalue weighted by Crippen LogP contribution is -2.49. The summed E-state index contributed by atoms with van der Waals surface area (Å²) in [6.07, 6.45) is 4.76. The summed E-state index contributed by atoms with van der Waals surface area (Å²) in [5, 5.41) is 10.7. The minimum absolute atomic E-state index is 0.376. The summed E-state index contributed by atoms with van der Waals surface area (Å²) in [5.41, 5.74) is 0. The summed E-state index contributed by atoms with van der Waals surface area (Å²) in [6, 6.07) is -1.18. The number of rotatable bonds is 2. The summed E-state index contributed by atoms with van der Waals surface area (Å²) < 4.78 is 0. The molecule has 0 aromatic carbocycles. The normalized spacial score (nSPS) is 30.4. The van der Waals surface area contributed by atoms with Crippen molar-refractivity contribution in [3.63, 3.8) is 0 Å². The number of imide groups is 1. The largest absolute Gasteiger partial charge is 0.548 e. The van der Waals surface area contributed by atoms with Gasteiger partial charge in [0.15, 0.2) is 0 Å². The van der Waals surface area contributed by atoms with E-state index >= 15 is 0 Å². The molecule has 1 aliphatic carbocycles. The lowest BCUT2D eigenvalue weighted by Gasteiger charge is -2.23. The van der Waals surface area contributed by atoms with E-state index in [0.29, 0.717) is 12.8 Å². The number of carbonyl (C=O) groups is 3. The standard InChI is InChI=1S/C11H13NO4/c1-6(11(15)16)12-9(13)7-4-2-3-5-8(7)10(12)14/h2-3,6-8H,4-5H2,1H3,(H,15,16)/p-1/t6-,7+,8+/m1/s1. The van der Waals surface area contributed by atoms with Gasteiger partial charge in [0, 0.05) is 0 Å². The van der Waals surface area contributed by atoms with Gasteiger partial charge in [-0.2, -0.15) is 0 Å². The van der Waals surface area contributed by atoms with Gasteiger partial charge in [-0.1, -0.05) is 12.2 Å². The number of carboxylic acid groups (broad SMARTS) is 1. The molecule has 1 saturated heterocycles. The molecular formula is C11H12NO4-. The highest BCUT2D eigenvalue weighted by Gasteiger charge is 2.48. The Morgan fingerprint density at radius 2 is 1.75 bits per heavy atom. The van der Waals surface area contributed by atoms with Crippen LogP contribution in [-0.4, -0.2) is 28.7 Å². The van der Waals surface area contributed by atoms with Crippen molar-refractivity contribution in [2.45, 2.75) is 25.8 Å². The van der Waals surface area contributed by atoms with E-state index in [4.69, 9.17) is 0 Å². The van der Waals surface area contributed by atoms with E-state index in [9.17, 15) is 19.5 Å². The molecule has 0 spiro atoms. The van der Waals surface area contributed by atoms with Crippen LogP contribution < -0.4 is 5.11 Å². The second-order valence-electron chi connectivity index (χ2n) is 4.20. The van der Waals surface area contributed by atoms with Crippen LogP contribution in [0.15, 0.2) is 12.2 Å². The molecule has 2 rings (SSSR count). The first-order valence-electron chi connectivity index (χ1n) is 5.26. The van der Waals surface area contributed by atoms with Crippen molar-refractivity contribution in [2.24, 2.45) is 11.8 Å². The smallest absolute Gasteiger partial charge is 0.234 e. The van der Waals surface area contributed by atoms with Crippen LogP contribution in [0.1, 0.15) is 19.8 Å². The summed E-state index contributed by atoms with van der Waals surface area (Å²) in [5.74, 6) is -2.90. The molecule has 2 aliphatic rings. The van der Waals surface area contributed by atoms with Crippen LogP contribution in [0, 0.1) is 11.8 Å². The van der Waals surface area contributed by atoms with Gasteiger partial charge in [-0.3, -0.25) is 14.5 Å². The molecule has 0 N–H and O–H groups in total. The molecule has 0 saturated carbocycles. The first-order chi connectivity index (χ1) is 7.54. The average molecular weight is 222 g/mol. The third-order valence-electron chi connectivity index (χ3n) is 3.27. The predicted octanol–water partition coefficient (Wildman–Crippen LogP) is -0.924. The molecule has 3 atom stereocenters. The summed E-state index contributed by atoms with van der Waals surface area (Å²) in [4.78, 5) is 35.3. The Bertz CT molecular complexity index is 361. The maximum Gasteiger partial charge on any atom is 0.234 e. The molecule has 86 valence electrons.